The molecule has 21 heavy (non-hydrogen) atoms. The second-order valence-corrected chi connectivity index (χ2v) is 5.96. The molecule has 0 aromatic carbocycles. The molecule has 3 N–H and O–H groups in total. The highest BCUT2D eigenvalue weighted by atomic mass is 32.1. The van der Waals surface area contributed by atoms with E-state index >= 15 is 0 Å². The number of aryl methyl sites for hydroxylation is 1. The van der Waals surface area contributed by atoms with Gasteiger partial charge in [0, 0.05) is 23.9 Å². The SMILES string of the molecule is Cc1nc2cc(-c3cccs3)nn2c(NCCCN)c1C. The molecule has 0 radical (unpaired) electrons. The van der Waals surface area contributed by atoms with Crippen molar-refractivity contribution in [3.8, 4) is 10.6 Å². The third-order valence-electron chi connectivity index (χ3n) is 3.53. The lowest BCUT2D eigenvalue weighted by atomic mass is 10.2. The van der Waals surface area contributed by atoms with Crippen LogP contribution in [0.25, 0.3) is 16.2 Å². The lowest BCUT2D eigenvalue weighted by molar-refractivity contribution is 0.846. The second-order valence-electron chi connectivity index (χ2n) is 5.02. The Morgan fingerprint density at radius 1 is 1.38 bits per heavy atom. The number of hydrogen-bond donors (Lipinski definition) is 2. The summed E-state index contributed by atoms with van der Waals surface area (Å²) in [4.78, 5) is 5.79. The molecule has 3 aromatic rings. The average Bonchev–Trinajstić information content (AvgIpc) is 3.11. The number of fused-ring (bicyclic) bond motifs is 1. The first-order valence-electron chi connectivity index (χ1n) is 7.05. The Labute approximate surface area is 127 Å². The van der Waals surface area contributed by atoms with Crippen molar-refractivity contribution < 1.29 is 0 Å². The van der Waals surface area contributed by atoms with E-state index in [2.05, 4.69) is 28.7 Å². The van der Waals surface area contributed by atoms with Gasteiger partial charge in [-0.1, -0.05) is 6.07 Å². The van der Waals surface area contributed by atoms with Crippen molar-refractivity contribution in [3.63, 3.8) is 0 Å². The van der Waals surface area contributed by atoms with E-state index in [9.17, 15) is 0 Å². The fourth-order valence-corrected chi connectivity index (χ4v) is 2.94. The molecule has 0 saturated carbocycles. The Hall–Kier alpha value is -1.92. The van der Waals surface area contributed by atoms with Crippen molar-refractivity contribution in [1.82, 2.24) is 14.6 Å². The van der Waals surface area contributed by atoms with Gasteiger partial charge in [-0.25, -0.2) is 4.98 Å². The summed E-state index contributed by atoms with van der Waals surface area (Å²) in [5.41, 5.74) is 9.55. The minimum Gasteiger partial charge on any atom is -0.370 e. The molecule has 5 nitrogen and oxygen atoms in total. The summed E-state index contributed by atoms with van der Waals surface area (Å²) in [5, 5.41) is 10.2. The van der Waals surface area contributed by atoms with Gasteiger partial charge in [0.1, 0.15) is 11.5 Å². The highest BCUT2D eigenvalue weighted by molar-refractivity contribution is 7.13. The Morgan fingerprint density at radius 2 is 2.24 bits per heavy atom. The predicted molar refractivity (Wildman–Crippen MR) is 87.9 cm³/mol. The summed E-state index contributed by atoms with van der Waals surface area (Å²) in [6.07, 6.45) is 0.932. The molecule has 0 bridgehead atoms. The summed E-state index contributed by atoms with van der Waals surface area (Å²) >= 11 is 1.69. The van der Waals surface area contributed by atoms with Crippen LogP contribution in [0.1, 0.15) is 17.7 Å². The summed E-state index contributed by atoms with van der Waals surface area (Å²) in [5.74, 6) is 1.01. The van der Waals surface area contributed by atoms with Gasteiger partial charge in [-0.2, -0.15) is 9.61 Å². The third kappa shape index (κ3) is 2.64. The quantitative estimate of drug-likeness (QED) is 0.711. The van der Waals surface area contributed by atoms with Crippen LogP contribution < -0.4 is 11.1 Å². The first kappa shape index (κ1) is 14.0. The van der Waals surface area contributed by atoms with Crippen LogP contribution in [0.5, 0.6) is 0 Å². The third-order valence-corrected chi connectivity index (χ3v) is 4.42. The van der Waals surface area contributed by atoms with Crippen molar-refractivity contribution in [1.29, 1.82) is 0 Å². The van der Waals surface area contributed by atoms with Crippen LogP contribution in [0.2, 0.25) is 0 Å². The zero-order valence-corrected chi connectivity index (χ0v) is 13.1. The summed E-state index contributed by atoms with van der Waals surface area (Å²) in [6.45, 7) is 5.61. The highest BCUT2D eigenvalue weighted by Gasteiger charge is 2.13. The molecular weight excluding hydrogens is 282 g/mol. The number of anilines is 1. The van der Waals surface area contributed by atoms with Gasteiger partial charge in [-0.15, -0.1) is 11.3 Å². The smallest absolute Gasteiger partial charge is 0.158 e. The van der Waals surface area contributed by atoms with Crippen molar-refractivity contribution >= 4 is 22.8 Å². The Bertz CT molecular complexity index is 745. The first-order valence-corrected chi connectivity index (χ1v) is 7.93. The molecular formula is C15H19N5S. The number of hydrogen-bond acceptors (Lipinski definition) is 5. The van der Waals surface area contributed by atoms with Crippen LogP contribution in [0, 0.1) is 13.8 Å². The molecule has 3 aromatic heterocycles. The van der Waals surface area contributed by atoms with E-state index in [-0.39, 0.29) is 0 Å². The summed E-state index contributed by atoms with van der Waals surface area (Å²) in [7, 11) is 0. The van der Waals surface area contributed by atoms with Crippen molar-refractivity contribution in [2.75, 3.05) is 18.4 Å². The van der Waals surface area contributed by atoms with E-state index in [1.807, 2.05) is 23.6 Å². The van der Waals surface area contributed by atoms with Gasteiger partial charge in [0.25, 0.3) is 0 Å². The first-order chi connectivity index (χ1) is 10.2. The fraction of sp³-hybridized carbons (Fsp3) is 0.333. The number of nitrogens with one attached hydrogen (secondary N) is 1. The van der Waals surface area contributed by atoms with Crippen molar-refractivity contribution in [2.24, 2.45) is 5.73 Å². The van der Waals surface area contributed by atoms with Gasteiger partial charge in [0.15, 0.2) is 5.65 Å². The standard InChI is InChI=1S/C15H19N5S/c1-10-11(2)18-14-9-12(13-5-3-8-21-13)19-20(14)15(10)17-7-4-6-16/h3,5,8-9,17H,4,6-7,16H2,1-2H3. The Morgan fingerprint density at radius 3 is 2.95 bits per heavy atom. The summed E-state index contributed by atoms with van der Waals surface area (Å²) < 4.78 is 1.90. The van der Waals surface area contributed by atoms with Gasteiger partial charge < -0.3 is 11.1 Å². The molecule has 0 fully saturated rings. The number of nitrogens with two attached hydrogens (primary N) is 1. The van der Waals surface area contributed by atoms with Crippen molar-refractivity contribution in [2.45, 2.75) is 20.3 Å². The Kier molecular flexibility index (Phi) is 3.90. The van der Waals surface area contributed by atoms with Gasteiger partial charge >= 0.3 is 0 Å². The van der Waals surface area contributed by atoms with Gasteiger partial charge in [0.05, 0.1) is 4.88 Å². The van der Waals surface area contributed by atoms with Crippen LogP contribution in [-0.2, 0) is 0 Å². The number of rotatable bonds is 5. The maximum Gasteiger partial charge on any atom is 0.158 e. The maximum absolute atomic E-state index is 5.57. The monoisotopic (exact) mass is 301 g/mol. The van der Waals surface area contributed by atoms with E-state index < -0.39 is 0 Å². The molecule has 3 rings (SSSR count). The van der Waals surface area contributed by atoms with Crippen LogP contribution in [-0.4, -0.2) is 27.7 Å². The number of thiophene rings is 1. The molecule has 0 aliphatic heterocycles. The fourth-order valence-electron chi connectivity index (χ4n) is 2.26. The molecule has 0 aliphatic rings. The van der Waals surface area contributed by atoms with E-state index in [1.54, 1.807) is 11.3 Å². The van der Waals surface area contributed by atoms with E-state index in [0.717, 1.165) is 46.3 Å². The van der Waals surface area contributed by atoms with Crippen LogP contribution in [0.3, 0.4) is 0 Å². The number of nitrogens with zero attached hydrogens (tertiary/aromatic N) is 3. The van der Waals surface area contributed by atoms with Crippen molar-refractivity contribution in [3.05, 3.63) is 34.8 Å². The summed E-state index contributed by atoms with van der Waals surface area (Å²) in [6, 6.07) is 6.15. The van der Waals surface area contributed by atoms with Crippen LogP contribution in [0.15, 0.2) is 23.6 Å². The lowest BCUT2D eigenvalue weighted by Crippen LogP contribution is -2.13. The largest absolute Gasteiger partial charge is 0.370 e. The minimum absolute atomic E-state index is 0.679. The molecule has 0 unspecified atom stereocenters. The minimum atomic E-state index is 0.679. The molecule has 0 saturated heterocycles. The maximum atomic E-state index is 5.57. The van der Waals surface area contributed by atoms with Gasteiger partial charge in [0.2, 0.25) is 0 Å². The second kappa shape index (κ2) is 5.83. The zero-order chi connectivity index (χ0) is 14.8. The van der Waals surface area contributed by atoms with Crippen LogP contribution >= 0.6 is 11.3 Å². The Balaban J connectivity index is 2.08. The van der Waals surface area contributed by atoms with E-state index in [4.69, 9.17) is 10.8 Å². The molecule has 110 valence electrons. The van der Waals surface area contributed by atoms with Gasteiger partial charge in [-0.3, -0.25) is 0 Å². The van der Waals surface area contributed by atoms with E-state index in [0.29, 0.717) is 6.54 Å². The molecule has 0 atom stereocenters. The zero-order valence-electron chi connectivity index (χ0n) is 12.3. The van der Waals surface area contributed by atoms with E-state index in [1.165, 1.54) is 0 Å². The normalized spacial score (nSPS) is 11.2. The van der Waals surface area contributed by atoms with Gasteiger partial charge in [-0.05, 0) is 38.3 Å². The lowest BCUT2D eigenvalue weighted by Gasteiger charge is -2.12. The average molecular weight is 301 g/mol. The number of aromatic nitrogens is 3. The highest BCUT2D eigenvalue weighted by Crippen LogP contribution is 2.27. The molecule has 0 spiro atoms. The van der Waals surface area contributed by atoms with Crippen LogP contribution in [0.4, 0.5) is 5.82 Å². The molecule has 0 amide bonds. The molecule has 6 heteroatoms. The molecule has 0 aliphatic carbocycles. The topological polar surface area (TPSA) is 68.2 Å². The molecule has 3 heterocycles. The predicted octanol–water partition coefficient (Wildman–Crippen LogP) is 2.84.